The van der Waals surface area contributed by atoms with E-state index in [4.69, 9.17) is 28.3 Å². The first-order valence-corrected chi connectivity index (χ1v) is 12.2. The van der Waals surface area contributed by atoms with Crippen LogP contribution in [0.2, 0.25) is 10.0 Å². The maximum absolute atomic E-state index is 13.2. The molecule has 0 saturated heterocycles. The number of nitrogens with one attached hydrogen (secondary N) is 1. The van der Waals surface area contributed by atoms with Gasteiger partial charge in [-0.3, -0.25) is 4.79 Å². The van der Waals surface area contributed by atoms with Crippen molar-refractivity contribution in [3.8, 4) is 16.9 Å². The highest BCUT2D eigenvalue weighted by Crippen LogP contribution is 2.41. The highest BCUT2D eigenvalue weighted by atomic mass is 35.5. The van der Waals surface area contributed by atoms with E-state index in [-0.39, 0.29) is 11.9 Å². The van der Waals surface area contributed by atoms with E-state index in [2.05, 4.69) is 29.6 Å². The Morgan fingerprint density at radius 2 is 1.72 bits per heavy atom. The molecule has 3 aromatic rings. The lowest BCUT2D eigenvalue weighted by molar-refractivity contribution is 0.0921. The number of carbonyl (C=O) groups excluding carboxylic acids is 1. The van der Waals surface area contributed by atoms with Crippen LogP contribution in [0.4, 0.5) is 0 Å². The highest BCUT2D eigenvalue weighted by Gasteiger charge is 2.27. The Kier molecular flexibility index (Phi) is 6.00. The first kappa shape index (κ1) is 21.5. The van der Waals surface area contributed by atoms with Crippen molar-refractivity contribution in [1.29, 1.82) is 0 Å². The fourth-order valence-electron chi connectivity index (χ4n) is 4.71. The molecule has 166 valence electrons. The van der Waals surface area contributed by atoms with Gasteiger partial charge in [0.25, 0.3) is 5.91 Å². The number of rotatable bonds is 5. The molecule has 2 aliphatic carbocycles. The summed E-state index contributed by atoms with van der Waals surface area (Å²) >= 11 is 12.7. The van der Waals surface area contributed by atoms with E-state index in [1.807, 2.05) is 13.0 Å². The molecule has 32 heavy (non-hydrogen) atoms. The minimum absolute atomic E-state index is 0.117. The molecule has 1 amide bonds. The van der Waals surface area contributed by atoms with Gasteiger partial charge in [-0.05, 0) is 62.3 Å². The van der Waals surface area contributed by atoms with Crippen molar-refractivity contribution in [1.82, 2.24) is 15.1 Å². The number of hydrogen-bond acceptors (Lipinski definition) is 2. The molecule has 2 aliphatic rings. The molecular weight excluding hydrogens is 441 g/mol. The van der Waals surface area contributed by atoms with Crippen molar-refractivity contribution < 1.29 is 4.79 Å². The molecule has 5 rings (SSSR count). The smallest absolute Gasteiger partial charge is 0.272 e. The summed E-state index contributed by atoms with van der Waals surface area (Å²) in [6.07, 6.45) is 8.17. The Morgan fingerprint density at radius 1 is 1.00 bits per heavy atom. The third-order valence-electron chi connectivity index (χ3n) is 6.65. The lowest BCUT2D eigenvalue weighted by Gasteiger charge is -2.22. The van der Waals surface area contributed by atoms with E-state index in [0.29, 0.717) is 27.3 Å². The van der Waals surface area contributed by atoms with Crippen LogP contribution in [0.1, 0.15) is 72.5 Å². The van der Waals surface area contributed by atoms with Crippen LogP contribution in [-0.4, -0.2) is 21.7 Å². The van der Waals surface area contributed by atoms with E-state index < -0.39 is 0 Å². The maximum Gasteiger partial charge on any atom is 0.272 e. The van der Waals surface area contributed by atoms with Gasteiger partial charge < -0.3 is 5.32 Å². The van der Waals surface area contributed by atoms with Gasteiger partial charge in [-0.1, -0.05) is 66.7 Å². The summed E-state index contributed by atoms with van der Waals surface area (Å²) in [5.74, 6) is 0.576. The highest BCUT2D eigenvalue weighted by molar-refractivity contribution is 6.35. The molecule has 0 radical (unpaired) electrons. The SMILES string of the molecule is Cc1c(C(=O)NC2CCCCC2)nn(-c2ccc(Cl)cc2Cl)c1-c1ccc(C2CC2)cc1. The van der Waals surface area contributed by atoms with Crippen LogP contribution in [-0.2, 0) is 0 Å². The van der Waals surface area contributed by atoms with Crippen molar-refractivity contribution in [2.24, 2.45) is 0 Å². The van der Waals surface area contributed by atoms with E-state index in [1.54, 1.807) is 16.8 Å². The molecule has 4 nitrogen and oxygen atoms in total. The average Bonchev–Trinajstić information content (AvgIpc) is 3.58. The van der Waals surface area contributed by atoms with Gasteiger partial charge in [-0.2, -0.15) is 5.10 Å². The number of amides is 1. The number of benzene rings is 2. The molecule has 1 N–H and O–H groups in total. The van der Waals surface area contributed by atoms with Gasteiger partial charge >= 0.3 is 0 Å². The monoisotopic (exact) mass is 467 g/mol. The first-order chi connectivity index (χ1) is 15.5. The summed E-state index contributed by atoms with van der Waals surface area (Å²) in [7, 11) is 0. The minimum atomic E-state index is -0.117. The van der Waals surface area contributed by atoms with E-state index in [0.717, 1.165) is 42.5 Å². The second-order valence-corrected chi connectivity index (χ2v) is 9.88. The summed E-state index contributed by atoms with van der Waals surface area (Å²) in [5, 5.41) is 9.02. The van der Waals surface area contributed by atoms with Crippen molar-refractivity contribution >= 4 is 29.1 Å². The Morgan fingerprint density at radius 3 is 2.38 bits per heavy atom. The molecule has 0 spiro atoms. The molecule has 0 unspecified atom stereocenters. The molecule has 2 fully saturated rings. The Hall–Kier alpha value is -2.30. The van der Waals surface area contributed by atoms with Gasteiger partial charge in [-0.15, -0.1) is 0 Å². The summed E-state index contributed by atoms with van der Waals surface area (Å²) < 4.78 is 1.79. The van der Waals surface area contributed by atoms with Gasteiger partial charge in [0.2, 0.25) is 0 Å². The second-order valence-electron chi connectivity index (χ2n) is 9.03. The average molecular weight is 468 g/mol. The van der Waals surface area contributed by atoms with Gasteiger partial charge in [0.1, 0.15) is 0 Å². The van der Waals surface area contributed by atoms with Gasteiger partial charge in [0.15, 0.2) is 5.69 Å². The third kappa shape index (κ3) is 4.31. The molecule has 1 heterocycles. The summed E-state index contributed by atoms with van der Waals surface area (Å²) in [4.78, 5) is 13.2. The van der Waals surface area contributed by atoms with Crippen molar-refractivity contribution in [2.75, 3.05) is 0 Å². The van der Waals surface area contributed by atoms with E-state index in [9.17, 15) is 4.79 Å². The number of aromatic nitrogens is 2. The molecule has 1 aromatic heterocycles. The molecule has 0 atom stereocenters. The maximum atomic E-state index is 13.2. The van der Waals surface area contributed by atoms with E-state index in [1.165, 1.54) is 24.8 Å². The van der Waals surface area contributed by atoms with Gasteiger partial charge in [0.05, 0.1) is 16.4 Å². The minimum Gasteiger partial charge on any atom is -0.348 e. The molecule has 6 heteroatoms. The second kappa shape index (κ2) is 8.92. The Bertz CT molecular complexity index is 1140. The third-order valence-corrected chi connectivity index (χ3v) is 7.19. The largest absolute Gasteiger partial charge is 0.348 e. The standard InChI is InChI=1S/C26H27Cl2N3O/c1-16-24(26(32)29-21-5-3-2-4-6-21)30-31(23-14-13-20(27)15-22(23)28)25(16)19-11-9-18(10-12-19)17-7-8-17/h9-15,17,21H,2-8H2,1H3,(H,29,32). The fourth-order valence-corrected chi connectivity index (χ4v) is 5.20. The lowest BCUT2D eigenvalue weighted by atomic mass is 9.95. The van der Waals surface area contributed by atoms with Crippen molar-refractivity contribution in [2.45, 2.75) is 63.8 Å². The first-order valence-electron chi connectivity index (χ1n) is 11.5. The number of nitrogens with zero attached hydrogens (tertiary/aromatic N) is 2. The van der Waals surface area contributed by atoms with Crippen LogP contribution in [0.25, 0.3) is 16.9 Å². The van der Waals surface area contributed by atoms with Crippen LogP contribution in [0, 0.1) is 6.92 Å². The molecule has 0 bridgehead atoms. The van der Waals surface area contributed by atoms with Crippen LogP contribution in [0.15, 0.2) is 42.5 Å². The predicted octanol–water partition coefficient (Wildman–Crippen LogP) is 7.09. The number of hydrogen-bond donors (Lipinski definition) is 1. The normalized spacial score (nSPS) is 16.8. The van der Waals surface area contributed by atoms with Crippen molar-refractivity contribution in [3.63, 3.8) is 0 Å². The van der Waals surface area contributed by atoms with Crippen LogP contribution < -0.4 is 5.32 Å². The molecule has 0 aliphatic heterocycles. The van der Waals surface area contributed by atoms with Crippen molar-refractivity contribution in [3.05, 3.63) is 69.3 Å². The number of carbonyl (C=O) groups is 1. The topological polar surface area (TPSA) is 46.9 Å². The van der Waals surface area contributed by atoms with Crippen LogP contribution in [0.5, 0.6) is 0 Å². The number of halogens is 2. The Balaban J connectivity index is 1.57. The molecular formula is C26H27Cl2N3O. The summed E-state index contributed by atoms with van der Waals surface area (Å²) in [5.41, 5.74) is 5.27. The summed E-state index contributed by atoms with van der Waals surface area (Å²) in [6.45, 7) is 1.97. The zero-order valence-electron chi connectivity index (χ0n) is 18.2. The van der Waals surface area contributed by atoms with Gasteiger partial charge in [0, 0.05) is 22.2 Å². The Labute approximate surface area is 198 Å². The lowest BCUT2D eigenvalue weighted by Crippen LogP contribution is -2.36. The quantitative estimate of drug-likeness (QED) is 0.434. The molecule has 2 saturated carbocycles. The molecule has 2 aromatic carbocycles. The zero-order valence-corrected chi connectivity index (χ0v) is 19.7. The van der Waals surface area contributed by atoms with Crippen LogP contribution >= 0.6 is 23.2 Å². The van der Waals surface area contributed by atoms with Gasteiger partial charge in [-0.25, -0.2) is 4.68 Å². The van der Waals surface area contributed by atoms with E-state index >= 15 is 0 Å². The summed E-state index contributed by atoms with van der Waals surface area (Å²) in [6, 6.07) is 14.2. The fraction of sp³-hybridized carbons (Fsp3) is 0.385. The van der Waals surface area contributed by atoms with Crippen LogP contribution in [0.3, 0.4) is 0 Å². The predicted molar refractivity (Wildman–Crippen MR) is 130 cm³/mol. The zero-order chi connectivity index (χ0) is 22.2.